The summed E-state index contributed by atoms with van der Waals surface area (Å²) in [6.07, 6.45) is -4.87. The molecule has 0 amide bonds. The van der Waals surface area contributed by atoms with Crippen molar-refractivity contribution in [3.05, 3.63) is 58.2 Å². The molecule has 3 rings (SSSR count). The molecule has 0 aliphatic carbocycles. The fourth-order valence-electron chi connectivity index (χ4n) is 3.93. The molecule has 0 spiro atoms. The first kappa shape index (κ1) is 24.4. The number of fused-ring (bicyclic) bond motifs is 1. The van der Waals surface area contributed by atoms with Gasteiger partial charge in [0.2, 0.25) is 0 Å². The van der Waals surface area contributed by atoms with Crippen molar-refractivity contribution >= 4 is 34.4 Å². The molecule has 0 radical (unpaired) electrons. The normalized spacial score (nSPS) is 13.2. The highest BCUT2D eigenvalue weighted by Gasteiger charge is 2.38. The van der Waals surface area contributed by atoms with E-state index in [-0.39, 0.29) is 21.9 Å². The quantitative estimate of drug-likeness (QED) is 0.467. The molecule has 1 aromatic heterocycles. The number of carbonyl (C=O) groups excluding carboxylic acids is 1. The van der Waals surface area contributed by atoms with Crippen molar-refractivity contribution in [2.75, 3.05) is 0 Å². The number of alkyl halides is 3. The Kier molecular flexibility index (Phi) is 6.14. The lowest BCUT2D eigenvalue weighted by Gasteiger charge is -2.27. The summed E-state index contributed by atoms with van der Waals surface area (Å²) < 4.78 is 42.4. The first-order valence-electron chi connectivity index (χ1n) is 9.78. The average molecular weight is 484 g/mol. The second-order valence-electron chi connectivity index (χ2n) is 8.67. The standard InChI is InChI=1S/C23H21ClF3NO5/c1-11-18(19(21(31)32)22(2,3)4)14-9-17(29)15(24)10-16(14)28(11)20(30)12-5-7-13(8-6-12)33-23(25,26)27/h5-10,19,29H,1-4H3,(H,31,32). The molecule has 0 saturated heterocycles. The number of carboxylic acid groups (broad SMARTS) is 1. The number of phenolic OH excluding ortho intramolecular Hbond substituents is 1. The van der Waals surface area contributed by atoms with Crippen LogP contribution in [0.2, 0.25) is 5.02 Å². The Labute approximate surface area is 192 Å². The highest BCUT2D eigenvalue weighted by atomic mass is 35.5. The van der Waals surface area contributed by atoms with E-state index in [1.54, 1.807) is 27.7 Å². The average Bonchev–Trinajstić information content (AvgIpc) is 2.91. The van der Waals surface area contributed by atoms with Crippen LogP contribution in [0.5, 0.6) is 11.5 Å². The van der Waals surface area contributed by atoms with E-state index in [0.717, 1.165) is 12.1 Å². The third kappa shape index (κ3) is 4.78. The van der Waals surface area contributed by atoms with Crippen LogP contribution >= 0.6 is 11.6 Å². The van der Waals surface area contributed by atoms with Crippen molar-refractivity contribution < 1.29 is 37.7 Å². The predicted octanol–water partition coefficient (Wildman–Crippen LogP) is 6.11. The van der Waals surface area contributed by atoms with Crippen LogP contribution in [0.15, 0.2) is 36.4 Å². The molecule has 0 aliphatic heterocycles. The number of rotatable bonds is 4. The van der Waals surface area contributed by atoms with Gasteiger partial charge in [-0.3, -0.25) is 14.2 Å². The Morgan fingerprint density at radius 2 is 1.67 bits per heavy atom. The number of carboxylic acids is 1. The topological polar surface area (TPSA) is 88.8 Å². The van der Waals surface area contributed by atoms with Crippen LogP contribution in [-0.2, 0) is 4.79 Å². The fraction of sp³-hybridized carbons (Fsp3) is 0.304. The minimum atomic E-state index is -4.87. The third-order valence-electron chi connectivity index (χ3n) is 5.26. The van der Waals surface area contributed by atoms with E-state index in [9.17, 15) is 33.0 Å². The summed E-state index contributed by atoms with van der Waals surface area (Å²) in [5.41, 5.74) is 0.214. The molecule has 0 bridgehead atoms. The van der Waals surface area contributed by atoms with Crippen molar-refractivity contribution in [1.82, 2.24) is 4.57 Å². The van der Waals surface area contributed by atoms with Crippen LogP contribution in [0.4, 0.5) is 13.2 Å². The third-order valence-corrected chi connectivity index (χ3v) is 5.56. The van der Waals surface area contributed by atoms with E-state index in [0.29, 0.717) is 16.6 Å². The SMILES string of the molecule is Cc1c(C(C(=O)O)C(C)(C)C)c2cc(O)c(Cl)cc2n1C(=O)c1ccc(OC(F)(F)F)cc1. The summed E-state index contributed by atoms with van der Waals surface area (Å²) in [7, 11) is 0. The lowest BCUT2D eigenvalue weighted by molar-refractivity contribution is -0.274. The summed E-state index contributed by atoms with van der Waals surface area (Å²) in [6.45, 7) is 6.79. The maximum atomic E-state index is 13.4. The number of ether oxygens (including phenoxy) is 1. The van der Waals surface area contributed by atoms with Gasteiger partial charge < -0.3 is 14.9 Å². The lowest BCUT2D eigenvalue weighted by atomic mass is 9.75. The van der Waals surface area contributed by atoms with E-state index in [2.05, 4.69) is 4.74 Å². The second-order valence-corrected chi connectivity index (χ2v) is 9.08. The van der Waals surface area contributed by atoms with Gasteiger partial charge in [-0.25, -0.2) is 0 Å². The number of aromatic hydroxyl groups is 1. The van der Waals surface area contributed by atoms with Crippen molar-refractivity contribution in [3.8, 4) is 11.5 Å². The van der Waals surface area contributed by atoms with Gasteiger partial charge in [0.25, 0.3) is 5.91 Å². The Hall–Kier alpha value is -3.20. The second kappa shape index (κ2) is 8.30. The molecule has 176 valence electrons. The minimum absolute atomic E-state index is 0.0443. The van der Waals surface area contributed by atoms with Crippen LogP contribution in [0.1, 0.15) is 48.3 Å². The molecule has 1 unspecified atom stereocenters. The molecule has 0 fully saturated rings. The number of carbonyl (C=O) groups is 2. The number of phenols is 1. The van der Waals surface area contributed by atoms with E-state index < -0.39 is 35.3 Å². The highest BCUT2D eigenvalue weighted by Crippen LogP contribution is 2.44. The molecular weight excluding hydrogens is 463 g/mol. The van der Waals surface area contributed by atoms with Gasteiger partial charge >= 0.3 is 12.3 Å². The van der Waals surface area contributed by atoms with Crippen molar-refractivity contribution in [2.45, 2.75) is 40.0 Å². The summed E-state index contributed by atoms with van der Waals surface area (Å²) >= 11 is 6.07. The number of benzene rings is 2. The Morgan fingerprint density at radius 1 is 1.09 bits per heavy atom. The van der Waals surface area contributed by atoms with Crippen molar-refractivity contribution in [1.29, 1.82) is 0 Å². The summed E-state index contributed by atoms with van der Waals surface area (Å²) in [4.78, 5) is 25.6. The molecular formula is C23H21ClF3NO5. The van der Waals surface area contributed by atoms with Gasteiger partial charge in [0, 0.05) is 16.6 Å². The summed E-state index contributed by atoms with van der Waals surface area (Å²) in [5, 5.41) is 20.4. The monoisotopic (exact) mass is 483 g/mol. The maximum Gasteiger partial charge on any atom is 0.573 e. The van der Waals surface area contributed by atoms with Crippen LogP contribution in [-0.4, -0.2) is 33.0 Å². The molecule has 2 N–H and O–H groups in total. The first-order chi connectivity index (χ1) is 15.1. The Morgan fingerprint density at radius 3 is 2.15 bits per heavy atom. The largest absolute Gasteiger partial charge is 0.573 e. The lowest BCUT2D eigenvalue weighted by Crippen LogP contribution is -2.27. The van der Waals surface area contributed by atoms with Crippen molar-refractivity contribution in [3.63, 3.8) is 0 Å². The van der Waals surface area contributed by atoms with E-state index >= 15 is 0 Å². The van der Waals surface area contributed by atoms with Gasteiger partial charge in [0.1, 0.15) is 11.5 Å². The zero-order valence-corrected chi connectivity index (χ0v) is 18.9. The zero-order chi connectivity index (χ0) is 24.9. The molecule has 10 heteroatoms. The Bertz CT molecular complexity index is 1240. The van der Waals surface area contributed by atoms with Gasteiger partial charge in [-0.2, -0.15) is 0 Å². The van der Waals surface area contributed by atoms with Gasteiger partial charge in [-0.15, -0.1) is 13.2 Å². The van der Waals surface area contributed by atoms with Crippen molar-refractivity contribution in [2.24, 2.45) is 5.41 Å². The fourth-order valence-corrected chi connectivity index (χ4v) is 4.09. The minimum Gasteiger partial charge on any atom is -0.506 e. The van der Waals surface area contributed by atoms with E-state index in [1.807, 2.05) is 0 Å². The Balaban J connectivity index is 2.23. The zero-order valence-electron chi connectivity index (χ0n) is 18.1. The van der Waals surface area contributed by atoms with Crippen LogP contribution in [0.3, 0.4) is 0 Å². The molecule has 33 heavy (non-hydrogen) atoms. The number of aliphatic carboxylic acids is 1. The smallest absolute Gasteiger partial charge is 0.506 e. The molecule has 1 atom stereocenters. The van der Waals surface area contributed by atoms with Gasteiger partial charge in [-0.05, 0) is 54.3 Å². The van der Waals surface area contributed by atoms with Crippen LogP contribution in [0.25, 0.3) is 10.9 Å². The van der Waals surface area contributed by atoms with Crippen LogP contribution < -0.4 is 4.74 Å². The van der Waals surface area contributed by atoms with Gasteiger partial charge in [0.15, 0.2) is 0 Å². The van der Waals surface area contributed by atoms with Crippen LogP contribution in [0, 0.1) is 12.3 Å². The van der Waals surface area contributed by atoms with E-state index in [1.165, 1.54) is 28.8 Å². The van der Waals surface area contributed by atoms with Gasteiger partial charge in [-0.1, -0.05) is 32.4 Å². The first-order valence-corrected chi connectivity index (χ1v) is 10.2. The number of halogens is 4. The molecule has 0 saturated carbocycles. The molecule has 6 nitrogen and oxygen atoms in total. The molecule has 0 aliphatic rings. The number of aromatic nitrogens is 1. The molecule has 1 heterocycles. The number of hydrogen-bond donors (Lipinski definition) is 2. The van der Waals surface area contributed by atoms with E-state index in [4.69, 9.17) is 11.6 Å². The number of hydrogen-bond acceptors (Lipinski definition) is 4. The summed E-state index contributed by atoms with van der Waals surface area (Å²) in [6, 6.07) is 7.03. The highest BCUT2D eigenvalue weighted by molar-refractivity contribution is 6.33. The van der Waals surface area contributed by atoms with Gasteiger partial charge in [0.05, 0.1) is 16.5 Å². The molecule has 2 aromatic carbocycles. The summed E-state index contributed by atoms with van der Waals surface area (Å²) in [5.74, 6) is -3.51. The predicted molar refractivity (Wildman–Crippen MR) is 116 cm³/mol. The number of nitrogens with zero attached hydrogens (tertiary/aromatic N) is 1. The maximum absolute atomic E-state index is 13.4. The molecule has 3 aromatic rings.